The minimum atomic E-state index is -1.30. The summed E-state index contributed by atoms with van der Waals surface area (Å²) in [6.07, 6.45) is 0.838. The number of fused-ring (bicyclic) bond motifs is 5. The van der Waals surface area contributed by atoms with Crippen LogP contribution in [0.15, 0.2) is 36.4 Å². The van der Waals surface area contributed by atoms with Crippen molar-refractivity contribution in [2.75, 3.05) is 26.2 Å². The number of nitrogens with two attached hydrogens (primary N) is 4. The molecule has 0 saturated carbocycles. The Bertz CT molecular complexity index is 1460. The molecule has 0 saturated heterocycles. The zero-order valence-corrected chi connectivity index (χ0v) is 32.3. The molecule has 0 aliphatic carbocycles. The Hall–Kier alpha value is -3.48. The number of nitrogens with one attached hydrogen (secondary N) is 6. The Kier molecular flexibility index (Phi) is 26.8. The normalized spacial score (nSPS) is 17.0. The van der Waals surface area contributed by atoms with Crippen molar-refractivity contribution < 1.29 is 29.4 Å². The van der Waals surface area contributed by atoms with E-state index >= 15 is 0 Å². The average molecular weight is 837 g/mol. The molecule has 0 radical (unpaired) electrons. The van der Waals surface area contributed by atoms with Crippen LogP contribution in [0, 0.1) is 5.41 Å². The fraction of sp³-hybridized carbons (Fsp3) is 0.452. The van der Waals surface area contributed by atoms with Crippen LogP contribution in [0.2, 0.25) is 0 Å². The third-order valence-electron chi connectivity index (χ3n) is 7.72. The fourth-order valence-electron chi connectivity index (χ4n) is 5.15. The molecule has 52 heavy (non-hydrogen) atoms. The summed E-state index contributed by atoms with van der Waals surface area (Å²) in [7, 11) is 0. The van der Waals surface area contributed by atoms with E-state index in [9.17, 15) is 29.4 Å². The Balaban J connectivity index is -0.00000480. The molecule has 0 spiro atoms. The van der Waals surface area contributed by atoms with E-state index in [2.05, 4.69) is 26.6 Å². The van der Waals surface area contributed by atoms with Gasteiger partial charge in [-0.05, 0) is 78.7 Å². The molecular formula is C31H51Cl5N10O6. The number of phenolic OH excluding ortho intramolecular Hbond substituents is 2. The fourth-order valence-corrected chi connectivity index (χ4v) is 5.15. The molecule has 1 aliphatic heterocycles. The maximum absolute atomic E-state index is 13.9. The van der Waals surface area contributed by atoms with Gasteiger partial charge in [-0.1, -0.05) is 12.1 Å². The number of amides is 4. The minimum absolute atomic E-state index is 0. The van der Waals surface area contributed by atoms with E-state index in [1.165, 1.54) is 12.1 Å². The molecule has 2 aromatic rings. The molecule has 1 heterocycles. The number of carbonyl (C=O) groups excluding carboxylic acids is 4. The zero-order chi connectivity index (χ0) is 34.5. The van der Waals surface area contributed by atoms with E-state index in [1.54, 1.807) is 24.3 Å². The standard InChI is InChI=1S/C31H46N10O6.5ClH/c32-9-1-3-23-29(46)41-24(30(47)40-22(28(45)37-12-10-33)4-2-11-38-31(35)36)16-20-14-18(6-8-26(20)43)17-5-7-25(42)19(13-17)15-21(34)27(44)39-23;;;;;/h5-8,13-14,21-24,42-43H,1-4,9-12,15-16,32-34H2,(H,37,45)(H,39,44)(H,40,47)(H,41,46)(H4,35,36,38);5*1H/t21-,22-,23-,24-;;;;;/m0...../s1. The highest BCUT2D eigenvalue weighted by Crippen LogP contribution is 2.31. The molecule has 2 aromatic carbocycles. The predicted octanol–water partition coefficient (Wildman–Crippen LogP) is -0.169. The molecule has 296 valence electrons. The first-order chi connectivity index (χ1) is 22.4. The predicted molar refractivity (Wildman–Crippen MR) is 212 cm³/mol. The highest BCUT2D eigenvalue weighted by Gasteiger charge is 2.31. The molecule has 4 bridgehead atoms. The van der Waals surface area contributed by atoms with Gasteiger partial charge in [-0.3, -0.25) is 24.6 Å². The molecule has 0 unspecified atom stereocenters. The van der Waals surface area contributed by atoms with Gasteiger partial charge in [0, 0.05) is 32.5 Å². The van der Waals surface area contributed by atoms with Crippen molar-refractivity contribution in [2.24, 2.45) is 22.9 Å². The summed E-state index contributed by atoms with van der Waals surface area (Å²) in [5, 5.41) is 42.0. The summed E-state index contributed by atoms with van der Waals surface area (Å²) in [6, 6.07) is 5.04. The van der Waals surface area contributed by atoms with Gasteiger partial charge in [0.1, 0.15) is 29.6 Å². The average Bonchev–Trinajstić information content (AvgIpc) is 3.04. The van der Waals surface area contributed by atoms with Crippen LogP contribution in [-0.2, 0) is 32.0 Å². The number of carbonyl (C=O) groups is 4. The van der Waals surface area contributed by atoms with Gasteiger partial charge >= 0.3 is 0 Å². The van der Waals surface area contributed by atoms with Crippen molar-refractivity contribution in [2.45, 2.75) is 62.7 Å². The van der Waals surface area contributed by atoms with E-state index in [1.807, 2.05) is 0 Å². The SMILES string of the molecule is Cl.Cl.Cl.Cl.Cl.N=C(N)NCCC[C@H](NC(=O)[C@@H]1Cc2cc(ccc2O)-c2ccc(O)c(c2)C[C@H](N)C(=O)N[C@@H](CCCN)C(=O)N1)C(=O)NCCN. The highest BCUT2D eigenvalue weighted by molar-refractivity contribution is 5.95. The summed E-state index contributed by atoms with van der Waals surface area (Å²) in [6.45, 7) is 0.849. The maximum atomic E-state index is 13.9. The number of halogens is 5. The second kappa shape index (κ2) is 26.3. The van der Waals surface area contributed by atoms with Crippen molar-refractivity contribution >= 4 is 91.6 Å². The molecular weight excluding hydrogens is 786 g/mol. The molecule has 3 rings (SSSR count). The van der Waals surface area contributed by atoms with Crippen LogP contribution < -0.4 is 49.5 Å². The molecule has 21 heteroatoms. The molecule has 16 N–H and O–H groups in total. The lowest BCUT2D eigenvalue weighted by atomic mass is 9.95. The first-order valence-corrected chi connectivity index (χ1v) is 15.5. The smallest absolute Gasteiger partial charge is 0.243 e. The summed E-state index contributed by atoms with van der Waals surface area (Å²) < 4.78 is 0. The Morgan fingerprint density at radius 3 is 1.94 bits per heavy atom. The van der Waals surface area contributed by atoms with Crippen LogP contribution >= 0.6 is 62.0 Å². The number of aromatic hydroxyl groups is 2. The minimum Gasteiger partial charge on any atom is -0.508 e. The van der Waals surface area contributed by atoms with Crippen LogP contribution in [0.1, 0.15) is 36.8 Å². The Morgan fingerprint density at radius 2 is 1.40 bits per heavy atom. The number of hydrogen-bond donors (Lipinski definition) is 12. The number of hydrogen-bond acceptors (Lipinski definition) is 10. The van der Waals surface area contributed by atoms with Gasteiger partial charge < -0.3 is 59.7 Å². The Morgan fingerprint density at radius 1 is 0.827 bits per heavy atom. The van der Waals surface area contributed by atoms with Crippen LogP contribution in [0.25, 0.3) is 11.1 Å². The van der Waals surface area contributed by atoms with Crippen molar-refractivity contribution in [1.82, 2.24) is 26.6 Å². The van der Waals surface area contributed by atoms with Crippen LogP contribution in [0.4, 0.5) is 0 Å². The van der Waals surface area contributed by atoms with E-state index in [0.29, 0.717) is 35.1 Å². The summed E-state index contributed by atoms with van der Waals surface area (Å²) in [5.74, 6) is -2.97. The topological polar surface area (TPSA) is 297 Å². The third-order valence-corrected chi connectivity index (χ3v) is 7.72. The number of phenols is 2. The summed E-state index contributed by atoms with van der Waals surface area (Å²) >= 11 is 0. The van der Waals surface area contributed by atoms with Gasteiger partial charge in [0.05, 0.1) is 6.04 Å². The van der Waals surface area contributed by atoms with Gasteiger partial charge in [0.15, 0.2) is 5.96 Å². The Labute approximate surface area is 333 Å². The van der Waals surface area contributed by atoms with Crippen LogP contribution in [-0.4, -0.2) is 90.1 Å². The number of rotatable bonds is 12. The first kappa shape index (κ1) is 52.9. The van der Waals surface area contributed by atoms with Crippen LogP contribution in [0.5, 0.6) is 11.5 Å². The van der Waals surface area contributed by atoms with E-state index < -0.39 is 47.8 Å². The molecule has 0 aromatic heterocycles. The lowest BCUT2D eigenvalue weighted by Gasteiger charge is -2.26. The highest BCUT2D eigenvalue weighted by atomic mass is 35.5. The lowest BCUT2D eigenvalue weighted by Crippen LogP contribution is -2.58. The number of guanidine groups is 1. The molecule has 0 fully saturated rings. The van der Waals surface area contributed by atoms with Crippen molar-refractivity contribution in [3.8, 4) is 22.6 Å². The molecule has 4 amide bonds. The molecule has 1 aliphatic rings. The lowest BCUT2D eigenvalue weighted by molar-refractivity contribution is -0.134. The van der Waals surface area contributed by atoms with Crippen LogP contribution in [0.3, 0.4) is 0 Å². The number of benzene rings is 2. The van der Waals surface area contributed by atoms with Gasteiger partial charge in [-0.25, -0.2) is 0 Å². The second-order valence-electron chi connectivity index (χ2n) is 11.4. The van der Waals surface area contributed by atoms with Crippen molar-refractivity contribution in [1.29, 1.82) is 5.41 Å². The largest absolute Gasteiger partial charge is 0.508 e. The first-order valence-electron chi connectivity index (χ1n) is 15.5. The van der Waals surface area contributed by atoms with Gasteiger partial charge in [-0.15, -0.1) is 62.0 Å². The summed E-state index contributed by atoms with van der Waals surface area (Å²) in [5.41, 5.74) is 24.8. The van der Waals surface area contributed by atoms with E-state index in [-0.39, 0.29) is 131 Å². The summed E-state index contributed by atoms with van der Waals surface area (Å²) in [4.78, 5) is 53.6. The van der Waals surface area contributed by atoms with E-state index in [4.69, 9.17) is 28.3 Å². The van der Waals surface area contributed by atoms with Crippen molar-refractivity contribution in [3.63, 3.8) is 0 Å². The third kappa shape index (κ3) is 16.0. The zero-order valence-electron chi connectivity index (χ0n) is 28.2. The van der Waals surface area contributed by atoms with Gasteiger partial charge in [0.25, 0.3) is 0 Å². The van der Waals surface area contributed by atoms with Crippen molar-refractivity contribution in [3.05, 3.63) is 47.5 Å². The molecule has 16 nitrogen and oxygen atoms in total. The van der Waals surface area contributed by atoms with Gasteiger partial charge in [-0.2, -0.15) is 0 Å². The molecule has 4 atom stereocenters. The maximum Gasteiger partial charge on any atom is 0.243 e. The quantitative estimate of drug-likeness (QED) is 0.0757. The monoisotopic (exact) mass is 834 g/mol. The van der Waals surface area contributed by atoms with Gasteiger partial charge in [0.2, 0.25) is 23.6 Å². The van der Waals surface area contributed by atoms with E-state index in [0.717, 1.165) is 0 Å². The second-order valence-corrected chi connectivity index (χ2v) is 11.4.